The molecule has 2 aromatic heterocycles. The van der Waals surface area contributed by atoms with Gasteiger partial charge in [-0.2, -0.15) is 0 Å². The number of nitrogens with zero attached hydrogens (tertiary/aromatic N) is 5. The lowest BCUT2D eigenvalue weighted by molar-refractivity contribution is 0.0949. The molecule has 0 spiro atoms. The predicted molar refractivity (Wildman–Crippen MR) is 87.3 cm³/mol. The highest BCUT2D eigenvalue weighted by atomic mass is 16.1. The first-order valence-corrected chi connectivity index (χ1v) is 7.97. The van der Waals surface area contributed by atoms with Crippen LogP contribution in [0.1, 0.15) is 41.3 Å². The third-order valence-electron chi connectivity index (χ3n) is 4.06. The first kappa shape index (κ1) is 15.5. The number of hydrogen-bond donors (Lipinski definition) is 1. The van der Waals surface area contributed by atoms with Crippen molar-refractivity contribution < 1.29 is 4.79 Å². The highest BCUT2D eigenvalue weighted by molar-refractivity contribution is 5.94. The third kappa shape index (κ3) is 3.49. The Balaban J connectivity index is 1.68. The second-order valence-electron chi connectivity index (χ2n) is 5.97. The average Bonchev–Trinajstić information content (AvgIpc) is 2.79. The van der Waals surface area contributed by atoms with Gasteiger partial charge < -0.3 is 14.8 Å². The van der Waals surface area contributed by atoms with Crippen molar-refractivity contribution >= 4 is 11.7 Å². The molecule has 0 saturated heterocycles. The summed E-state index contributed by atoms with van der Waals surface area (Å²) in [6.45, 7) is 1.33. The molecule has 3 rings (SSSR count). The molecule has 1 amide bonds. The van der Waals surface area contributed by atoms with Crippen LogP contribution in [-0.2, 0) is 19.5 Å². The summed E-state index contributed by atoms with van der Waals surface area (Å²) in [6.07, 6.45) is 6.14. The minimum Gasteiger partial charge on any atom is -0.363 e. The standard InChI is InChI=1S/C16H22N6O/c1-21(2)14-10-12(7-8-17-14)16(23)18-11-15-20-19-13-6-4-3-5-9-22(13)15/h7-8,10H,3-6,9,11H2,1-2H3,(H,18,23). The molecule has 1 aliphatic rings. The largest absolute Gasteiger partial charge is 0.363 e. The molecule has 122 valence electrons. The Hall–Kier alpha value is -2.44. The van der Waals surface area contributed by atoms with Gasteiger partial charge in [0.25, 0.3) is 5.91 Å². The van der Waals surface area contributed by atoms with Crippen molar-refractivity contribution in [3.05, 3.63) is 35.5 Å². The molecule has 0 aliphatic carbocycles. The Labute approximate surface area is 135 Å². The van der Waals surface area contributed by atoms with E-state index in [0.29, 0.717) is 12.1 Å². The normalized spacial score (nSPS) is 14.0. The van der Waals surface area contributed by atoms with Gasteiger partial charge >= 0.3 is 0 Å². The van der Waals surface area contributed by atoms with E-state index in [2.05, 4.69) is 25.1 Å². The van der Waals surface area contributed by atoms with Gasteiger partial charge in [0.15, 0.2) is 5.82 Å². The number of hydrogen-bond acceptors (Lipinski definition) is 5. The summed E-state index contributed by atoms with van der Waals surface area (Å²) in [4.78, 5) is 18.4. The SMILES string of the molecule is CN(C)c1cc(C(=O)NCc2nnc3n2CCCCC3)ccn1. The first-order chi connectivity index (χ1) is 11.1. The second kappa shape index (κ2) is 6.76. The van der Waals surface area contributed by atoms with Crippen molar-refractivity contribution in [3.8, 4) is 0 Å². The number of anilines is 1. The summed E-state index contributed by atoms with van der Waals surface area (Å²) < 4.78 is 2.14. The highest BCUT2D eigenvalue weighted by Gasteiger charge is 2.15. The van der Waals surface area contributed by atoms with Gasteiger partial charge in [-0.3, -0.25) is 4.79 Å². The van der Waals surface area contributed by atoms with E-state index in [1.54, 1.807) is 18.3 Å². The molecule has 1 aliphatic heterocycles. The van der Waals surface area contributed by atoms with E-state index < -0.39 is 0 Å². The summed E-state index contributed by atoms with van der Waals surface area (Å²) >= 11 is 0. The minimum absolute atomic E-state index is 0.124. The Morgan fingerprint density at radius 2 is 2.17 bits per heavy atom. The third-order valence-corrected chi connectivity index (χ3v) is 4.06. The molecule has 2 aromatic rings. The molecule has 23 heavy (non-hydrogen) atoms. The van der Waals surface area contributed by atoms with Crippen molar-refractivity contribution in [3.63, 3.8) is 0 Å². The summed E-state index contributed by atoms with van der Waals surface area (Å²) in [7, 11) is 3.80. The maximum atomic E-state index is 12.3. The lowest BCUT2D eigenvalue weighted by Crippen LogP contribution is -2.25. The van der Waals surface area contributed by atoms with Crippen molar-refractivity contribution in [2.45, 2.75) is 38.8 Å². The minimum atomic E-state index is -0.124. The molecule has 7 heteroatoms. The zero-order valence-corrected chi connectivity index (χ0v) is 13.6. The van der Waals surface area contributed by atoms with E-state index >= 15 is 0 Å². The van der Waals surface area contributed by atoms with Crippen LogP contribution >= 0.6 is 0 Å². The van der Waals surface area contributed by atoms with Gasteiger partial charge in [-0.1, -0.05) is 6.42 Å². The summed E-state index contributed by atoms with van der Waals surface area (Å²) in [5.41, 5.74) is 0.597. The Kier molecular flexibility index (Phi) is 4.55. The van der Waals surface area contributed by atoms with Crippen LogP contribution in [0, 0.1) is 0 Å². The number of aromatic nitrogens is 4. The van der Waals surface area contributed by atoms with E-state index in [9.17, 15) is 4.79 Å². The molecule has 0 fully saturated rings. The maximum absolute atomic E-state index is 12.3. The zero-order valence-electron chi connectivity index (χ0n) is 13.6. The zero-order chi connectivity index (χ0) is 16.2. The van der Waals surface area contributed by atoms with Crippen LogP contribution in [0.3, 0.4) is 0 Å². The number of rotatable bonds is 4. The molecule has 7 nitrogen and oxygen atoms in total. The van der Waals surface area contributed by atoms with Crippen LogP contribution < -0.4 is 10.2 Å². The summed E-state index contributed by atoms with van der Waals surface area (Å²) in [5, 5.41) is 11.4. The number of aryl methyl sites for hydroxylation is 1. The molecule has 0 aromatic carbocycles. The molecule has 0 atom stereocenters. The summed E-state index contributed by atoms with van der Waals surface area (Å²) in [6, 6.07) is 3.49. The molecule has 0 saturated carbocycles. The molecular formula is C16H22N6O. The lowest BCUT2D eigenvalue weighted by atomic mass is 10.2. The fraction of sp³-hybridized carbons (Fsp3) is 0.500. The van der Waals surface area contributed by atoms with Gasteiger partial charge in [-0.15, -0.1) is 10.2 Å². The van der Waals surface area contributed by atoms with Gasteiger partial charge in [-0.25, -0.2) is 4.98 Å². The first-order valence-electron chi connectivity index (χ1n) is 7.97. The molecule has 0 bridgehead atoms. The number of pyridine rings is 1. The average molecular weight is 314 g/mol. The van der Waals surface area contributed by atoms with Crippen molar-refractivity contribution in [1.82, 2.24) is 25.1 Å². The van der Waals surface area contributed by atoms with Crippen molar-refractivity contribution in [1.29, 1.82) is 0 Å². The van der Waals surface area contributed by atoms with Gasteiger partial charge in [0.05, 0.1) is 6.54 Å². The van der Waals surface area contributed by atoms with Crippen LogP contribution in [0.5, 0.6) is 0 Å². The molecule has 0 unspecified atom stereocenters. The van der Waals surface area contributed by atoms with E-state index in [-0.39, 0.29) is 5.91 Å². The predicted octanol–water partition coefficient (Wildman–Crippen LogP) is 1.40. The number of carbonyl (C=O) groups excluding carboxylic acids is 1. The molecule has 3 heterocycles. The molecule has 1 N–H and O–H groups in total. The van der Waals surface area contributed by atoms with Gasteiger partial charge in [-0.05, 0) is 25.0 Å². The molecule has 0 radical (unpaired) electrons. The van der Waals surface area contributed by atoms with E-state index in [0.717, 1.165) is 43.3 Å². The van der Waals surface area contributed by atoms with Crippen LogP contribution in [0.15, 0.2) is 18.3 Å². The van der Waals surface area contributed by atoms with E-state index in [1.165, 1.54) is 6.42 Å². The lowest BCUT2D eigenvalue weighted by Gasteiger charge is -2.12. The van der Waals surface area contributed by atoms with Crippen molar-refractivity contribution in [2.24, 2.45) is 0 Å². The van der Waals surface area contributed by atoms with Crippen LogP contribution in [-0.4, -0.2) is 39.8 Å². The summed E-state index contributed by atoms with van der Waals surface area (Å²) in [5.74, 6) is 2.50. The molecular weight excluding hydrogens is 292 g/mol. The Morgan fingerprint density at radius 3 is 3.00 bits per heavy atom. The quantitative estimate of drug-likeness (QED) is 0.923. The smallest absolute Gasteiger partial charge is 0.251 e. The monoisotopic (exact) mass is 314 g/mol. The maximum Gasteiger partial charge on any atom is 0.251 e. The van der Waals surface area contributed by atoms with Crippen LogP contribution in [0.4, 0.5) is 5.82 Å². The fourth-order valence-corrected chi connectivity index (χ4v) is 2.74. The second-order valence-corrected chi connectivity index (χ2v) is 5.97. The Morgan fingerprint density at radius 1 is 1.30 bits per heavy atom. The number of nitrogens with one attached hydrogen (secondary N) is 1. The van der Waals surface area contributed by atoms with Gasteiger partial charge in [0, 0.05) is 38.8 Å². The topological polar surface area (TPSA) is 75.9 Å². The number of carbonyl (C=O) groups is 1. The van der Waals surface area contributed by atoms with E-state index in [1.807, 2.05) is 19.0 Å². The van der Waals surface area contributed by atoms with Gasteiger partial charge in [0.2, 0.25) is 0 Å². The van der Waals surface area contributed by atoms with E-state index in [4.69, 9.17) is 0 Å². The van der Waals surface area contributed by atoms with Crippen molar-refractivity contribution in [2.75, 3.05) is 19.0 Å². The number of fused-ring (bicyclic) bond motifs is 1. The van der Waals surface area contributed by atoms with Gasteiger partial charge in [0.1, 0.15) is 11.6 Å². The fourth-order valence-electron chi connectivity index (χ4n) is 2.74. The Bertz CT molecular complexity index is 694. The highest BCUT2D eigenvalue weighted by Crippen LogP contribution is 2.14. The number of amides is 1. The van der Waals surface area contributed by atoms with Crippen LogP contribution in [0.25, 0.3) is 0 Å². The van der Waals surface area contributed by atoms with Crippen LogP contribution in [0.2, 0.25) is 0 Å².